The SMILES string of the molecule is Cc1nnc(SCc2ccn(C)n2)n1CCN. The highest BCUT2D eigenvalue weighted by Gasteiger charge is 2.09. The minimum Gasteiger partial charge on any atom is -0.329 e. The fourth-order valence-corrected chi connectivity index (χ4v) is 2.44. The minimum absolute atomic E-state index is 0.593. The van der Waals surface area contributed by atoms with Gasteiger partial charge in [0.15, 0.2) is 5.16 Å². The van der Waals surface area contributed by atoms with E-state index in [9.17, 15) is 0 Å². The molecule has 92 valence electrons. The zero-order valence-electron chi connectivity index (χ0n) is 10.00. The van der Waals surface area contributed by atoms with Crippen LogP contribution in [-0.2, 0) is 19.3 Å². The lowest BCUT2D eigenvalue weighted by Gasteiger charge is -2.05. The molecule has 0 aliphatic rings. The second kappa shape index (κ2) is 5.33. The van der Waals surface area contributed by atoms with E-state index in [-0.39, 0.29) is 0 Å². The highest BCUT2D eigenvalue weighted by atomic mass is 32.2. The molecule has 0 fully saturated rings. The van der Waals surface area contributed by atoms with Crippen molar-refractivity contribution in [2.75, 3.05) is 6.54 Å². The van der Waals surface area contributed by atoms with Crippen molar-refractivity contribution >= 4 is 11.8 Å². The van der Waals surface area contributed by atoms with Crippen LogP contribution in [0.4, 0.5) is 0 Å². The molecule has 0 radical (unpaired) electrons. The first kappa shape index (κ1) is 12.1. The molecule has 0 atom stereocenters. The molecule has 7 heteroatoms. The molecule has 0 spiro atoms. The molecule has 0 aromatic carbocycles. The van der Waals surface area contributed by atoms with Crippen LogP contribution in [0.2, 0.25) is 0 Å². The minimum atomic E-state index is 0.593. The third kappa shape index (κ3) is 2.86. The summed E-state index contributed by atoms with van der Waals surface area (Å²) in [5.74, 6) is 1.70. The van der Waals surface area contributed by atoms with Gasteiger partial charge in [0.2, 0.25) is 0 Å². The second-order valence-corrected chi connectivity index (χ2v) is 4.68. The van der Waals surface area contributed by atoms with E-state index >= 15 is 0 Å². The summed E-state index contributed by atoms with van der Waals surface area (Å²) in [7, 11) is 1.91. The lowest BCUT2D eigenvalue weighted by molar-refractivity contribution is 0.627. The highest BCUT2D eigenvalue weighted by molar-refractivity contribution is 7.98. The number of thioether (sulfide) groups is 1. The summed E-state index contributed by atoms with van der Waals surface area (Å²) in [4.78, 5) is 0. The maximum absolute atomic E-state index is 5.57. The Balaban J connectivity index is 2.03. The highest BCUT2D eigenvalue weighted by Crippen LogP contribution is 2.20. The van der Waals surface area contributed by atoms with E-state index in [1.54, 1.807) is 16.4 Å². The van der Waals surface area contributed by atoms with Gasteiger partial charge in [-0.25, -0.2) is 0 Å². The summed E-state index contributed by atoms with van der Waals surface area (Å²) in [6.45, 7) is 3.28. The van der Waals surface area contributed by atoms with Crippen molar-refractivity contribution in [1.82, 2.24) is 24.5 Å². The molecule has 0 bridgehead atoms. The summed E-state index contributed by atoms with van der Waals surface area (Å²) >= 11 is 1.63. The van der Waals surface area contributed by atoms with Crippen LogP contribution in [0.15, 0.2) is 17.4 Å². The van der Waals surface area contributed by atoms with E-state index in [4.69, 9.17) is 5.73 Å². The van der Waals surface area contributed by atoms with Gasteiger partial charge in [-0.2, -0.15) is 5.10 Å². The maximum atomic E-state index is 5.57. The molecular formula is C10H16N6S. The Labute approximate surface area is 104 Å². The van der Waals surface area contributed by atoms with Crippen LogP contribution in [0, 0.1) is 6.92 Å². The van der Waals surface area contributed by atoms with E-state index in [1.807, 2.05) is 30.8 Å². The molecule has 2 rings (SSSR count). The first-order valence-electron chi connectivity index (χ1n) is 5.42. The van der Waals surface area contributed by atoms with Crippen molar-refractivity contribution < 1.29 is 0 Å². The topological polar surface area (TPSA) is 74.5 Å². The fourth-order valence-electron chi connectivity index (χ4n) is 1.53. The molecule has 0 unspecified atom stereocenters. The Morgan fingerprint density at radius 2 is 2.24 bits per heavy atom. The lowest BCUT2D eigenvalue weighted by Crippen LogP contribution is -2.12. The van der Waals surface area contributed by atoms with Crippen LogP contribution in [0.3, 0.4) is 0 Å². The number of nitrogens with zero attached hydrogens (tertiary/aromatic N) is 5. The summed E-state index contributed by atoms with van der Waals surface area (Å²) in [5.41, 5.74) is 6.61. The Morgan fingerprint density at radius 3 is 2.88 bits per heavy atom. The molecule has 17 heavy (non-hydrogen) atoms. The van der Waals surface area contributed by atoms with Crippen LogP contribution in [0.25, 0.3) is 0 Å². The Kier molecular flexibility index (Phi) is 3.80. The van der Waals surface area contributed by atoms with Gasteiger partial charge in [0.1, 0.15) is 5.82 Å². The first-order chi connectivity index (χ1) is 8.20. The summed E-state index contributed by atoms with van der Waals surface area (Å²) in [6.07, 6.45) is 1.94. The first-order valence-corrected chi connectivity index (χ1v) is 6.40. The molecule has 2 aromatic heterocycles. The number of hydrogen-bond donors (Lipinski definition) is 1. The largest absolute Gasteiger partial charge is 0.329 e. The second-order valence-electron chi connectivity index (χ2n) is 3.74. The van der Waals surface area contributed by atoms with Crippen molar-refractivity contribution in [3.05, 3.63) is 23.8 Å². The van der Waals surface area contributed by atoms with Gasteiger partial charge in [-0.15, -0.1) is 10.2 Å². The van der Waals surface area contributed by atoms with Gasteiger partial charge in [-0.1, -0.05) is 11.8 Å². The molecule has 6 nitrogen and oxygen atoms in total. The third-order valence-electron chi connectivity index (χ3n) is 2.37. The Morgan fingerprint density at radius 1 is 1.41 bits per heavy atom. The van der Waals surface area contributed by atoms with Gasteiger partial charge in [-0.3, -0.25) is 4.68 Å². The molecule has 0 saturated heterocycles. The number of nitrogens with two attached hydrogens (primary N) is 1. The Hall–Kier alpha value is -1.34. The average Bonchev–Trinajstić information content (AvgIpc) is 2.86. The van der Waals surface area contributed by atoms with E-state index in [2.05, 4.69) is 15.3 Å². The fraction of sp³-hybridized carbons (Fsp3) is 0.500. The molecular weight excluding hydrogens is 236 g/mol. The number of aromatic nitrogens is 5. The molecule has 0 amide bonds. The number of hydrogen-bond acceptors (Lipinski definition) is 5. The average molecular weight is 252 g/mol. The monoisotopic (exact) mass is 252 g/mol. The molecule has 0 saturated carbocycles. The van der Waals surface area contributed by atoms with Crippen LogP contribution < -0.4 is 5.73 Å². The van der Waals surface area contributed by atoms with Gasteiger partial charge in [0.05, 0.1) is 5.69 Å². The summed E-state index contributed by atoms with van der Waals surface area (Å²) < 4.78 is 3.83. The van der Waals surface area contributed by atoms with Crippen LogP contribution in [0.1, 0.15) is 11.5 Å². The van der Waals surface area contributed by atoms with E-state index in [0.29, 0.717) is 6.54 Å². The van der Waals surface area contributed by atoms with Crippen LogP contribution in [-0.4, -0.2) is 31.1 Å². The van der Waals surface area contributed by atoms with E-state index < -0.39 is 0 Å². The van der Waals surface area contributed by atoms with E-state index in [0.717, 1.165) is 29.0 Å². The van der Waals surface area contributed by atoms with Crippen molar-refractivity contribution in [3.8, 4) is 0 Å². The zero-order chi connectivity index (χ0) is 12.3. The van der Waals surface area contributed by atoms with Crippen molar-refractivity contribution in [3.63, 3.8) is 0 Å². The van der Waals surface area contributed by atoms with Crippen molar-refractivity contribution in [2.45, 2.75) is 24.4 Å². The lowest BCUT2D eigenvalue weighted by atomic mass is 10.5. The van der Waals surface area contributed by atoms with Crippen molar-refractivity contribution in [2.24, 2.45) is 12.8 Å². The smallest absolute Gasteiger partial charge is 0.191 e. The summed E-state index contributed by atoms with van der Waals surface area (Å²) in [6, 6.07) is 2.00. The van der Waals surface area contributed by atoms with Gasteiger partial charge >= 0.3 is 0 Å². The number of rotatable bonds is 5. The molecule has 2 N–H and O–H groups in total. The summed E-state index contributed by atoms with van der Waals surface area (Å²) in [5, 5.41) is 13.4. The molecule has 0 aliphatic heterocycles. The Bertz CT molecular complexity index is 489. The van der Waals surface area contributed by atoms with Gasteiger partial charge in [0, 0.05) is 32.1 Å². The van der Waals surface area contributed by atoms with Gasteiger partial charge in [-0.05, 0) is 13.0 Å². The van der Waals surface area contributed by atoms with Gasteiger partial charge < -0.3 is 10.3 Å². The van der Waals surface area contributed by atoms with E-state index in [1.165, 1.54) is 0 Å². The van der Waals surface area contributed by atoms with Crippen LogP contribution >= 0.6 is 11.8 Å². The van der Waals surface area contributed by atoms with Crippen LogP contribution in [0.5, 0.6) is 0 Å². The normalized spacial score (nSPS) is 11.0. The molecule has 0 aliphatic carbocycles. The number of aryl methyl sites for hydroxylation is 2. The molecule has 2 heterocycles. The maximum Gasteiger partial charge on any atom is 0.191 e. The standard InChI is InChI=1S/C10H16N6S/c1-8-12-13-10(16(8)6-4-11)17-7-9-3-5-15(2)14-9/h3,5H,4,6-7,11H2,1-2H3. The molecule has 2 aromatic rings. The quantitative estimate of drug-likeness (QED) is 0.787. The predicted octanol–water partition coefficient (Wildman–Crippen LogP) is 0.571. The third-order valence-corrected chi connectivity index (χ3v) is 3.37. The van der Waals surface area contributed by atoms with Gasteiger partial charge in [0.25, 0.3) is 0 Å². The predicted molar refractivity (Wildman–Crippen MR) is 66.6 cm³/mol. The van der Waals surface area contributed by atoms with Crippen molar-refractivity contribution in [1.29, 1.82) is 0 Å². The zero-order valence-corrected chi connectivity index (χ0v) is 10.8.